The van der Waals surface area contributed by atoms with Crippen LogP contribution in [0.5, 0.6) is 0 Å². The van der Waals surface area contributed by atoms with E-state index in [1.165, 1.54) is 11.8 Å². The third kappa shape index (κ3) is 8.52. The Bertz CT molecular complexity index is 1750. The Morgan fingerprint density at radius 1 is 1.02 bits per heavy atom. The van der Waals surface area contributed by atoms with Crippen LogP contribution in [0.2, 0.25) is 0 Å². The highest BCUT2D eigenvalue weighted by atomic mass is 32.2. The van der Waals surface area contributed by atoms with Crippen LogP contribution in [-0.2, 0) is 10.5 Å². The molecule has 2 amide bonds. The van der Waals surface area contributed by atoms with Gasteiger partial charge < -0.3 is 32.9 Å². The van der Waals surface area contributed by atoms with Crippen LogP contribution in [0.4, 0.5) is 11.8 Å². The van der Waals surface area contributed by atoms with E-state index in [0.29, 0.717) is 33.7 Å². The Morgan fingerprint density at radius 2 is 1.78 bits per heavy atom. The number of hydrogen-bond acceptors (Lipinski definition) is 13. The van der Waals surface area contributed by atoms with Crippen LogP contribution in [0.3, 0.4) is 0 Å². The number of hydrazine groups is 1. The predicted octanol–water partition coefficient (Wildman–Crippen LogP) is 0.662. The summed E-state index contributed by atoms with van der Waals surface area (Å²) in [6.45, 7) is 2.01. The van der Waals surface area contributed by atoms with E-state index in [-0.39, 0.29) is 42.6 Å². The first-order valence-electron chi connectivity index (χ1n) is 13.5. The molecule has 45 heavy (non-hydrogen) atoms. The average molecular weight is 633 g/mol. The van der Waals surface area contributed by atoms with Gasteiger partial charge in [-0.3, -0.25) is 9.59 Å². The number of rotatable bonds is 13. The van der Waals surface area contributed by atoms with E-state index < -0.39 is 23.8 Å². The SMILES string of the molecule is Cc1ccc(C(=O)NCCCC(NC(=O)c2ccc(SCc3cnc4nc(N)nc(N)c4n3)cc2)C(=O)O)c(/C(N)=N/NN)c1. The molecular weight excluding hydrogens is 600 g/mol. The first-order valence-corrected chi connectivity index (χ1v) is 14.5. The molecule has 234 valence electrons. The fraction of sp³-hybridized carbons (Fsp3) is 0.214. The predicted molar refractivity (Wildman–Crippen MR) is 170 cm³/mol. The number of nitrogen functional groups attached to an aromatic ring is 2. The Kier molecular flexibility index (Phi) is 10.6. The third-order valence-corrected chi connectivity index (χ3v) is 7.49. The molecule has 0 saturated carbocycles. The minimum atomic E-state index is -1.19. The number of aliphatic carboxylic acids is 1. The van der Waals surface area contributed by atoms with Crippen LogP contribution >= 0.6 is 11.8 Å². The number of carboxylic acid groups (broad SMARTS) is 1. The molecule has 0 aliphatic heterocycles. The molecule has 16 nitrogen and oxygen atoms in total. The van der Waals surface area contributed by atoms with Crippen LogP contribution in [0.25, 0.3) is 11.2 Å². The number of aryl methyl sites for hydroxylation is 1. The summed E-state index contributed by atoms with van der Waals surface area (Å²) in [5.74, 6) is 3.74. The number of amidine groups is 1. The number of carbonyl (C=O) groups is 3. The van der Waals surface area contributed by atoms with Gasteiger partial charge in [-0.1, -0.05) is 11.6 Å². The van der Waals surface area contributed by atoms with Gasteiger partial charge in [-0.25, -0.2) is 26.1 Å². The van der Waals surface area contributed by atoms with Gasteiger partial charge in [0.15, 0.2) is 22.8 Å². The molecular formula is C28H32N12O4S. The number of fused-ring (bicyclic) bond motifs is 1. The lowest BCUT2D eigenvalue weighted by atomic mass is 10.0. The number of hydrazone groups is 1. The first kappa shape index (κ1) is 32.4. The van der Waals surface area contributed by atoms with E-state index in [1.807, 2.05) is 6.92 Å². The topological polar surface area (TPSA) is 276 Å². The number of carbonyl (C=O) groups excluding carboxylic acids is 2. The summed E-state index contributed by atoms with van der Waals surface area (Å²) in [4.78, 5) is 54.9. The highest BCUT2D eigenvalue weighted by Gasteiger charge is 2.21. The van der Waals surface area contributed by atoms with Crippen molar-refractivity contribution >= 4 is 58.3 Å². The minimum absolute atomic E-state index is 0.0197. The molecule has 1 atom stereocenters. The molecule has 4 aromatic rings. The van der Waals surface area contributed by atoms with Crippen molar-refractivity contribution in [3.8, 4) is 0 Å². The molecule has 12 N–H and O–H groups in total. The van der Waals surface area contributed by atoms with E-state index in [9.17, 15) is 19.5 Å². The second kappa shape index (κ2) is 14.8. The second-order valence-corrected chi connectivity index (χ2v) is 10.8. The number of nitrogens with two attached hydrogens (primary N) is 4. The van der Waals surface area contributed by atoms with Crippen LogP contribution in [0.15, 0.2) is 58.7 Å². The van der Waals surface area contributed by atoms with Gasteiger partial charge >= 0.3 is 5.97 Å². The van der Waals surface area contributed by atoms with Crippen LogP contribution in [0.1, 0.15) is 50.4 Å². The van der Waals surface area contributed by atoms with Gasteiger partial charge in [-0.2, -0.15) is 9.97 Å². The molecule has 0 radical (unpaired) electrons. The number of benzene rings is 2. The largest absolute Gasteiger partial charge is 0.480 e. The number of hydrogen-bond donors (Lipinski definition) is 8. The van der Waals surface area contributed by atoms with E-state index in [2.05, 4.69) is 41.2 Å². The van der Waals surface area contributed by atoms with Crippen LogP contribution < -0.4 is 39.2 Å². The van der Waals surface area contributed by atoms with Gasteiger partial charge in [0.2, 0.25) is 5.95 Å². The number of aromatic nitrogens is 4. The second-order valence-electron chi connectivity index (χ2n) is 9.75. The zero-order valence-corrected chi connectivity index (χ0v) is 25.0. The first-order chi connectivity index (χ1) is 21.5. The molecule has 2 aromatic carbocycles. The van der Waals surface area contributed by atoms with E-state index >= 15 is 0 Å². The molecule has 0 bridgehead atoms. The van der Waals surface area contributed by atoms with Crippen molar-refractivity contribution in [2.75, 3.05) is 18.0 Å². The quantitative estimate of drug-likeness (QED) is 0.0251. The molecule has 0 fully saturated rings. The molecule has 4 rings (SSSR count). The number of anilines is 2. The summed E-state index contributed by atoms with van der Waals surface area (Å²) in [7, 11) is 0. The van der Waals surface area contributed by atoms with Gasteiger partial charge in [0, 0.05) is 28.3 Å². The Morgan fingerprint density at radius 3 is 2.49 bits per heavy atom. The summed E-state index contributed by atoms with van der Waals surface area (Å²) < 4.78 is 0. The van der Waals surface area contributed by atoms with Crippen molar-refractivity contribution in [2.45, 2.75) is 36.5 Å². The lowest BCUT2D eigenvalue weighted by Gasteiger charge is -2.15. The van der Waals surface area contributed by atoms with Crippen molar-refractivity contribution in [1.29, 1.82) is 0 Å². The lowest BCUT2D eigenvalue weighted by molar-refractivity contribution is -0.139. The molecule has 0 saturated heterocycles. The van der Waals surface area contributed by atoms with Crippen molar-refractivity contribution in [1.82, 2.24) is 36.1 Å². The van der Waals surface area contributed by atoms with Crippen molar-refractivity contribution in [3.05, 3.63) is 76.6 Å². The zero-order valence-electron chi connectivity index (χ0n) is 24.2. The summed E-state index contributed by atoms with van der Waals surface area (Å²) in [5, 5.41) is 18.7. The summed E-state index contributed by atoms with van der Waals surface area (Å²) in [5.41, 5.74) is 22.7. The maximum Gasteiger partial charge on any atom is 0.326 e. The summed E-state index contributed by atoms with van der Waals surface area (Å²) >= 11 is 1.46. The van der Waals surface area contributed by atoms with Crippen molar-refractivity contribution in [2.24, 2.45) is 16.7 Å². The lowest BCUT2D eigenvalue weighted by Crippen LogP contribution is -2.41. The third-order valence-electron chi connectivity index (χ3n) is 6.44. The summed E-state index contributed by atoms with van der Waals surface area (Å²) in [6.07, 6.45) is 1.95. The molecule has 17 heteroatoms. The Balaban J connectivity index is 1.28. The van der Waals surface area contributed by atoms with Gasteiger partial charge in [0.25, 0.3) is 11.8 Å². The number of thioether (sulfide) groups is 1. The van der Waals surface area contributed by atoms with E-state index in [1.54, 1.807) is 48.7 Å². The molecule has 0 aliphatic carbocycles. The van der Waals surface area contributed by atoms with Gasteiger partial charge in [0.1, 0.15) is 6.04 Å². The molecule has 0 spiro atoms. The number of nitrogens with zero attached hydrogens (tertiary/aromatic N) is 5. The van der Waals surface area contributed by atoms with Crippen LogP contribution in [-0.4, -0.2) is 61.2 Å². The number of carboxylic acids is 1. The van der Waals surface area contributed by atoms with Gasteiger partial charge in [-0.05, 0) is 56.2 Å². The van der Waals surface area contributed by atoms with E-state index in [4.69, 9.17) is 23.0 Å². The Labute approximate surface area is 261 Å². The molecule has 1 unspecified atom stereocenters. The van der Waals surface area contributed by atoms with Crippen molar-refractivity contribution < 1.29 is 19.5 Å². The number of nitrogens with one attached hydrogen (secondary N) is 3. The standard InChI is InChI=1S/C28H32N12O4S/c1-14-4-9-18(19(11-14)22(29)39-40-32)26(42)33-10-2-3-20(27(43)44)36-25(41)15-5-7-17(8-6-15)45-13-16-12-34-24-21(35-16)23(30)37-28(31)38-24/h4-9,11-12,20,40H,2-3,10,13,32H2,1H3,(H2,29,39)(H,33,42)(H,36,41)(H,43,44)(H4,30,31,34,37,38). The molecule has 0 aliphatic rings. The Hall–Kier alpha value is -5.55. The smallest absolute Gasteiger partial charge is 0.326 e. The average Bonchev–Trinajstić information content (AvgIpc) is 3.01. The van der Waals surface area contributed by atoms with Crippen LogP contribution in [0, 0.1) is 6.92 Å². The monoisotopic (exact) mass is 632 g/mol. The van der Waals surface area contributed by atoms with E-state index in [0.717, 1.165) is 10.5 Å². The van der Waals surface area contributed by atoms with Crippen molar-refractivity contribution in [3.63, 3.8) is 0 Å². The van der Waals surface area contributed by atoms with Gasteiger partial charge in [0.05, 0.1) is 17.5 Å². The normalized spacial score (nSPS) is 12.0. The minimum Gasteiger partial charge on any atom is -0.480 e. The maximum absolute atomic E-state index is 12.8. The maximum atomic E-state index is 12.8. The molecule has 2 heterocycles. The fourth-order valence-electron chi connectivity index (χ4n) is 4.21. The highest BCUT2D eigenvalue weighted by Crippen LogP contribution is 2.24. The molecule has 2 aromatic heterocycles. The summed E-state index contributed by atoms with van der Waals surface area (Å²) in [6, 6.07) is 10.6. The fourth-order valence-corrected chi connectivity index (χ4v) is 4.99. The number of amides is 2. The zero-order chi connectivity index (χ0) is 32.5. The van der Waals surface area contributed by atoms with Gasteiger partial charge in [-0.15, -0.1) is 16.9 Å². The highest BCUT2D eigenvalue weighted by molar-refractivity contribution is 7.98.